The van der Waals surface area contributed by atoms with Gasteiger partial charge in [-0.25, -0.2) is 19.7 Å². The molecule has 0 atom stereocenters. The van der Waals surface area contributed by atoms with E-state index < -0.39 is 12.1 Å². The number of imidazole rings is 1. The Balaban J connectivity index is 0.000000383. The van der Waals surface area contributed by atoms with Crippen LogP contribution < -0.4 is 15.2 Å². The van der Waals surface area contributed by atoms with Gasteiger partial charge in [0.05, 0.1) is 23.8 Å². The lowest BCUT2D eigenvalue weighted by molar-refractivity contribution is -0.192. The van der Waals surface area contributed by atoms with Crippen LogP contribution in [0.1, 0.15) is 5.82 Å². The van der Waals surface area contributed by atoms with E-state index in [4.69, 9.17) is 25.1 Å². The van der Waals surface area contributed by atoms with Crippen LogP contribution in [0.15, 0.2) is 54.7 Å². The van der Waals surface area contributed by atoms with E-state index in [0.717, 1.165) is 28.1 Å². The number of nitrogens with one attached hydrogen (secondary N) is 1. The minimum Gasteiger partial charge on any atom is -0.493 e. The number of anilines is 1. The van der Waals surface area contributed by atoms with Crippen LogP contribution in [0.2, 0.25) is 0 Å². The Labute approximate surface area is 185 Å². The third-order valence-corrected chi connectivity index (χ3v) is 4.18. The molecular formula is C21H18F3N5O4. The maximum Gasteiger partial charge on any atom is 0.490 e. The second-order valence-corrected chi connectivity index (χ2v) is 6.46. The highest BCUT2D eigenvalue weighted by molar-refractivity contribution is 5.81. The Morgan fingerprint density at radius 3 is 2.45 bits per heavy atom. The molecule has 0 aliphatic rings. The molecule has 0 amide bonds. The van der Waals surface area contributed by atoms with E-state index in [9.17, 15) is 13.2 Å². The molecule has 0 saturated carbocycles. The van der Waals surface area contributed by atoms with Gasteiger partial charge in [0.25, 0.3) is 0 Å². The largest absolute Gasteiger partial charge is 0.493 e. The number of benzene rings is 2. The van der Waals surface area contributed by atoms with Gasteiger partial charge in [-0.3, -0.25) is 0 Å². The van der Waals surface area contributed by atoms with Gasteiger partial charge in [0.15, 0.2) is 11.5 Å². The van der Waals surface area contributed by atoms with E-state index in [1.807, 2.05) is 48.5 Å². The van der Waals surface area contributed by atoms with E-state index in [1.54, 1.807) is 13.3 Å². The highest BCUT2D eigenvalue weighted by Gasteiger charge is 2.38. The fraction of sp³-hybridized carbons (Fsp3) is 0.143. The number of rotatable bonds is 5. The van der Waals surface area contributed by atoms with Crippen molar-refractivity contribution in [1.82, 2.24) is 19.9 Å². The average Bonchev–Trinajstić information content (AvgIpc) is 3.20. The maximum absolute atomic E-state index is 10.6. The van der Waals surface area contributed by atoms with E-state index in [2.05, 4.69) is 19.9 Å². The molecule has 0 bridgehead atoms. The minimum atomic E-state index is -5.08. The Bertz CT molecular complexity index is 1260. The van der Waals surface area contributed by atoms with E-state index in [1.165, 1.54) is 0 Å². The van der Waals surface area contributed by atoms with Crippen molar-refractivity contribution in [3.8, 4) is 22.8 Å². The third kappa shape index (κ3) is 6.09. The summed E-state index contributed by atoms with van der Waals surface area (Å²) in [6, 6.07) is 15.2. The van der Waals surface area contributed by atoms with Crippen LogP contribution in [0.25, 0.3) is 22.3 Å². The lowest BCUT2D eigenvalue weighted by Gasteiger charge is -2.08. The number of carbonyl (C=O) groups is 1. The fourth-order valence-electron chi connectivity index (χ4n) is 2.71. The molecule has 4 N–H and O–H groups in total. The van der Waals surface area contributed by atoms with Crippen LogP contribution in [0.5, 0.6) is 11.5 Å². The van der Waals surface area contributed by atoms with Gasteiger partial charge in [-0.1, -0.05) is 18.2 Å². The molecule has 2 aromatic heterocycles. The number of nitrogens with two attached hydrogens (primary N) is 1. The number of nitrogen functional groups attached to an aromatic ring is 1. The molecule has 33 heavy (non-hydrogen) atoms. The topological polar surface area (TPSA) is 136 Å². The summed E-state index contributed by atoms with van der Waals surface area (Å²) in [4.78, 5) is 24.9. The average molecular weight is 461 g/mol. The molecule has 2 aromatic carbocycles. The number of aromatic nitrogens is 4. The van der Waals surface area contributed by atoms with Crippen molar-refractivity contribution in [2.45, 2.75) is 12.8 Å². The number of hydrogen-bond acceptors (Lipinski definition) is 7. The zero-order valence-corrected chi connectivity index (χ0v) is 17.1. The summed E-state index contributed by atoms with van der Waals surface area (Å²) in [6.07, 6.45) is -3.44. The lowest BCUT2D eigenvalue weighted by Crippen LogP contribution is -2.21. The number of carboxylic acids is 1. The van der Waals surface area contributed by atoms with E-state index in [0.29, 0.717) is 18.1 Å². The highest BCUT2D eigenvalue weighted by Crippen LogP contribution is 2.27. The number of ether oxygens (including phenoxy) is 2. The first-order chi connectivity index (χ1) is 15.7. The normalized spacial score (nSPS) is 10.9. The first-order valence-electron chi connectivity index (χ1n) is 9.31. The SMILES string of the molecule is COc1ccccc1OCc1nc2ccc(-c3ccnc(N)n3)cc2[nH]1.O=C(O)C(F)(F)F. The van der Waals surface area contributed by atoms with Gasteiger partial charge in [0.2, 0.25) is 5.95 Å². The lowest BCUT2D eigenvalue weighted by atomic mass is 10.1. The highest BCUT2D eigenvalue weighted by atomic mass is 19.4. The van der Waals surface area contributed by atoms with Gasteiger partial charge >= 0.3 is 12.1 Å². The second kappa shape index (κ2) is 9.85. The fourth-order valence-corrected chi connectivity index (χ4v) is 2.71. The molecule has 0 aliphatic carbocycles. The number of aliphatic carboxylic acids is 1. The molecule has 2 heterocycles. The molecule has 0 spiro atoms. The van der Waals surface area contributed by atoms with Crippen molar-refractivity contribution < 1.29 is 32.5 Å². The maximum atomic E-state index is 10.6. The summed E-state index contributed by atoms with van der Waals surface area (Å²) in [6.45, 7) is 0.310. The second-order valence-electron chi connectivity index (χ2n) is 6.46. The van der Waals surface area contributed by atoms with Gasteiger partial charge in [0.1, 0.15) is 12.4 Å². The molecule has 0 fully saturated rings. The molecule has 12 heteroatoms. The van der Waals surface area contributed by atoms with E-state index >= 15 is 0 Å². The van der Waals surface area contributed by atoms with Crippen LogP contribution in [0.3, 0.4) is 0 Å². The molecule has 4 rings (SSSR count). The number of nitrogens with zero attached hydrogens (tertiary/aromatic N) is 3. The molecule has 0 unspecified atom stereocenters. The smallest absolute Gasteiger partial charge is 0.490 e. The van der Waals surface area contributed by atoms with Gasteiger partial charge in [-0.15, -0.1) is 0 Å². The van der Waals surface area contributed by atoms with E-state index in [-0.39, 0.29) is 5.95 Å². The monoisotopic (exact) mass is 461 g/mol. The Kier molecular flexibility index (Phi) is 6.96. The van der Waals surface area contributed by atoms with Crippen LogP contribution in [-0.4, -0.2) is 44.3 Å². The molecule has 172 valence electrons. The van der Waals surface area contributed by atoms with Crippen LogP contribution in [0, 0.1) is 0 Å². The van der Waals surface area contributed by atoms with Crippen molar-refractivity contribution in [3.63, 3.8) is 0 Å². The predicted molar refractivity (Wildman–Crippen MR) is 113 cm³/mol. The van der Waals surface area contributed by atoms with Gasteiger partial charge in [-0.05, 0) is 30.3 Å². The number of halogens is 3. The Hall–Kier alpha value is -4.35. The summed E-state index contributed by atoms with van der Waals surface area (Å²) in [5.74, 6) is -0.421. The Morgan fingerprint density at radius 2 is 1.82 bits per heavy atom. The summed E-state index contributed by atoms with van der Waals surface area (Å²) < 4.78 is 42.8. The first kappa shape index (κ1) is 23.3. The summed E-state index contributed by atoms with van der Waals surface area (Å²) >= 11 is 0. The summed E-state index contributed by atoms with van der Waals surface area (Å²) in [7, 11) is 1.62. The zero-order valence-electron chi connectivity index (χ0n) is 17.1. The number of hydrogen-bond donors (Lipinski definition) is 3. The first-order valence-corrected chi connectivity index (χ1v) is 9.31. The van der Waals surface area contributed by atoms with Crippen molar-refractivity contribution in [1.29, 1.82) is 0 Å². The van der Waals surface area contributed by atoms with Crippen molar-refractivity contribution in [2.24, 2.45) is 0 Å². The number of aromatic amines is 1. The molecule has 4 aromatic rings. The Morgan fingerprint density at radius 1 is 1.12 bits per heavy atom. The number of para-hydroxylation sites is 2. The van der Waals surface area contributed by atoms with Gasteiger partial charge in [0, 0.05) is 11.8 Å². The van der Waals surface area contributed by atoms with Crippen molar-refractivity contribution >= 4 is 23.0 Å². The molecule has 9 nitrogen and oxygen atoms in total. The number of H-pyrrole nitrogens is 1. The van der Waals surface area contributed by atoms with Crippen molar-refractivity contribution in [2.75, 3.05) is 12.8 Å². The predicted octanol–water partition coefficient (Wildman–Crippen LogP) is 3.82. The van der Waals surface area contributed by atoms with Gasteiger partial charge in [-0.2, -0.15) is 13.2 Å². The van der Waals surface area contributed by atoms with Crippen molar-refractivity contribution in [3.05, 3.63) is 60.6 Å². The molecular weight excluding hydrogens is 443 g/mol. The molecule has 0 radical (unpaired) electrons. The zero-order chi connectivity index (χ0) is 24.0. The standard InChI is InChI=1S/C19H17N5O2.C2HF3O2/c1-25-16-4-2-3-5-17(16)26-11-18-22-14-7-6-12(10-15(14)23-18)13-8-9-21-19(20)24-13;3-2(4,5)1(6)7/h2-10H,11H2,1H3,(H,22,23)(H2,20,21,24);(H,6,7). The van der Waals surface area contributed by atoms with Crippen LogP contribution in [0.4, 0.5) is 19.1 Å². The minimum absolute atomic E-state index is 0.248. The number of fused-ring (bicyclic) bond motifs is 1. The van der Waals surface area contributed by atoms with Crippen LogP contribution >= 0.6 is 0 Å². The third-order valence-electron chi connectivity index (χ3n) is 4.18. The summed E-state index contributed by atoms with van der Waals surface area (Å²) in [5, 5.41) is 7.12. The number of alkyl halides is 3. The molecule has 0 aliphatic heterocycles. The quantitative estimate of drug-likeness (QED) is 0.408. The summed E-state index contributed by atoms with van der Waals surface area (Å²) in [5.41, 5.74) is 9.12. The number of methoxy groups -OCH3 is 1. The number of carboxylic acid groups (broad SMARTS) is 1. The molecule has 0 saturated heterocycles. The van der Waals surface area contributed by atoms with Crippen LogP contribution in [-0.2, 0) is 11.4 Å². The van der Waals surface area contributed by atoms with Gasteiger partial charge < -0.3 is 25.3 Å².